The topological polar surface area (TPSA) is 75.6 Å². The molecule has 0 spiro atoms. The lowest BCUT2D eigenvalue weighted by molar-refractivity contribution is -0.143. The zero-order valence-corrected chi connectivity index (χ0v) is 9.99. The number of hydrogen-bond donors (Lipinski definition) is 2. The van der Waals surface area contributed by atoms with E-state index < -0.39 is 12.0 Å². The highest BCUT2D eigenvalue weighted by atomic mass is 16.5. The van der Waals surface area contributed by atoms with Crippen LogP contribution in [-0.4, -0.2) is 36.7 Å². The van der Waals surface area contributed by atoms with Crippen molar-refractivity contribution in [2.75, 3.05) is 13.7 Å². The summed E-state index contributed by atoms with van der Waals surface area (Å²) in [4.78, 5) is 22.1. The number of carbonyl (C=O) groups is 2. The number of carboxylic acids is 1. The third-order valence-electron chi connectivity index (χ3n) is 2.22. The summed E-state index contributed by atoms with van der Waals surface area (Å²) in [5.41, 5.74) is 0. The Kier molecular flexibility index (Phi) is 8.52. The first kappa shape index (κ1) is 14.9. The van der Waals surface area contributed by atoms with Crippen LogP contribution in [0.4, 0.5) is 0 Å². The number of methoxy groups -OCH3 is 1. The standard InChI is InChI=1S/C11H21NO4/c1-3-4-5-6-7-10(13)12-9(8-16-2)11(14)15/h9H,3-8H2,1-2H3,(H,12,13)(H,14,15). The Balaban J connectivity index is 3.77. The zero-order valence-electron chi connectivity index (χ0n) is 9.99. The predicted octanol–water partition coefficient (Wildman–Crippen LogP) is 1.17. The summed E-state index contributed by atoms with van der Waals surface area (Å²) in [6, 6.07) is -0.941. The molecule has 0 bridgehead atoms. The lowest BCUT2D eigenvalue weighted by Crippen LogP contribution is -2.43. The van der Waals surface area contributed by atoms with Crippen molar-refractivity contribution in [2.45, 2.75) is 45.1 Å². The number of carbonyl (C=O) groups excluding carboxylic acids is 1. The Morgan fingerprint density at radius 3 is 2.50 bits per heavy atom. The smallest absolute Gasteiger partial charge is 0.328 e. The number of nitrogens with one attached hydrogen (secondary N) is 1. The fraction of sp³-hybridized carbons (Fsp3) is 0.818. The molecule has 5 nitrogen and oxygen atoms in total. The molecule has 0 fully saturated rings. The van der Waals surface area contributed by atoms with Crippen molar-refractivity contribution in [1.29, 1.82) is 0 Å². The van der Waals surface area contributed by atoms with E-state index in [0.717, 1.165) is 25.7 Å². The SMILES string of the molecule is CCCCCCC(=O)NC(COC)C(=O)O. The fourth-order valence-corrected chi connectivity index (χ4v) is 1.32. The molecule has 16 heavy (non-hydrogen) atoms. The van der Waals surface area contributed by atoms with E-state index in [-0.39, 0.29) is 12.5 Å². The van der Waals surface area contributed by atoms with Gasteiger partial charge in [-0.1, -0.05) is 26.2 Å². The quantitative estimate of drug-likeness (QED) is 0.584. The average Bonchev–Trinajstić information content (AvgIpc) is 2.23. The van der Waals surface area contributed by atoms with Gasteiger partial charge in [-0.25, -0.2) is 4.79 Å². The van der Waals surface area contributed by atoms with Crippen molar-refractivity contribution in [3.63, 3.8) is 0 Å². The van der Waals surface area contributed by atoms with E-state index >= 15 is 0 Å². The molecule has 0 aliphatic carbocycles. The van der Waals surface area contributed by atoms with Crippen LogP contribution in [-0.2, 0) is 14.3 Å². The van der Waals surface area contributed by atoms with E-state index in [9.17, 15) is 9.59 Å². The molecule has 94 valence electrons. The van der Waals surface area contributed by atoms with Crippen molar-refractivity contribution >= 4 is 11.9 Å². The number of hydrogen-bond acceptors (Lipinski definition) is 3. The fourth-order valence-electron chi connectivity index (χ4n) is 1.32. The predicted molar refractivity (Wildman–Crippen MR) is 60.2 cm³/mol. The van der Waals surface area contributed by atoms with Crippen molar-refractivity contribution in [3.8, 4) is 0 Å². The monoisotopic (exact) mass is 231 g/mol. The molecule has 5 heteroatoms. The molecule has 0 aliphatic heterocycles. The summed E-state index contributed by atoms with van der Waals surface area (Å²) < 4.78 is 4.71. The third-order valence-corrected chi connectivity index (χ3v) is 2.22. The summed E-state index contributed by atoms with van der Waals surface area (Å²) in [6.07, 6.45) is 4.41. The van der Waals surface area contributed by atoms with Gasteiger partial charge in [0.25, 0.3) is 0 Å². The van der Waals surface area contributed by atoms with Gasteiger partial charge < -0.3 is 15.2 Å². The van der Waals surface area contributed by atoms with Gasteiger partial charge in [-0.05, 0) is 6.42 Å². The van der Waals surface area contributed by atoms with Crippen LogP contribution in [0, 0.1) is 0 Å². The van der Waals surface area contributed by atoms with Crippen LogP contribution in [0.15, 0.2) is 0 Å². The van der Waals surface area contributed by atoms with Crippen molar-refractivity contribution in [1.82, 2.24) is 5.32 Å². The van der Waals surface area contributed by atoms with Crippen LogP contribution in [0.1, 0.15) is 39.0 Å². The van der Waals surface area contributed by atoms with Gasteiger partial charge in [-0.3, -0.25) is 4.79 Å². The Bertz CT molecular complexity index is 218. The van der Waals surface area contributed by atoms with Gasteiger partial charge in [-0.2, -0.15) is 0 Å². The first-order valence-electron chi connectivity index (χ1n) is 5.63. The summed E-state index contributed by atoms with van der Waals surface area (Å²) in [5.74, 6) is -1.29. The second-order valence-electron chi connectivity index (χ2n) is 3.72. The minimum Gasteiger partial charge on any atom is -0.480 e. The van der Waals surface area contributed by atoms with Gasteiger partial charge in [0.15, 0.2) is 6.04 Å². The van der Waals surface area contributed by atoms with Crippen molar-refractivity contribution in [2.24, 2.45) is 0 Å². The maximum atomic E-state index is 11.4. The maximum Gasteiger partial charge on any atom is 0.328 e. The lowest BCUT2D eigenvalue weighted by atomic mass is 10.1. The van der Waals surface area contributed by atoms with Gasteiger partial charge in [-0.15, -0.1) is 0 Å². The molecule has 1 atom stereocenters. The van der Waals surface area contributed by atoms with Gasteiger partial charge >= 0.3 is 5.97 Å². The summed E-state index contributed by atoms with van der Waals surface area (Å²) in [6.45, 7) is 2.09. The number of ether oxygens (including phenoxy) is 1. The van der Waals surface area contributed by atoms with Gasteiger partial charge in [0, 0.05) is 13.5 Å². The zero-order chi connectivity index (χ0) is 12.4. The number of amides is 1. The Labute approximate surface area is 96.2 Å². The number of carboxylic acid groups (broad SMARTS) is 1. The van der Waals surface area contributed by atoms with Crippen LogP contribution >= 0.6 is 0 Å². The van der Waals surface area contributed by atoms with Crippen molar-refractivity contribution in [3.05, 3.63) is 0 Å². The van der Waals surface area contributed by atoms with E-state index in [1.54, 1.807) is 0 Å². The maximum absolute atomic E-state index is 11.4. The average molecular weight is 231 g/mol. The molecule has 0 saturated heterocycles. The highest BCUT2D eigenvalue weighted by Gasteiger charge is 2.18. The highest BCUT2D eigenvalue weighted by Crippen LogP contribution is 2.02. The Hall–Kier alpha value is -1.10. The molecule has 1 unspecified atom stereocenters. The van der Waals surface area contributed by atoms with E-state index in [4.69, 9.17) is 9.84 Å². The Morgan fingerprint density at radius 2 is 2.00 bits per heavy atom. The van der Waals surface area contributed by atoms with E-state index in [2.05, 4.69) is 12.2 Å². The first-order chi connectivity index (χ1) is 7.61. The first-order valence-corrected chi connectivity index (χ1v) is 5.63. The van der Waals surface area contributed by atoms with Crippen LogP contribution in [0.3, 0.4) is 0 Å². The molecule has 0 aromatic carbocycles. The lowest BCUT2D eigenvalue weighted by Gasteiger charge is -2.13. The molecule has 2 N–H and O–H groups in total. The summed E-state index contributed by atoms with van der Waals surface area (Å²) in [5, 5.41) is 11.2. The number of rotatable bonds is 9. The molecule has 0 aromatic heterocycles. The Morgan fingerprint density at radius 1 is 1.31 bits per heavy atom. The normalized spacial score (nSPS) is 12.1. The molecular formula is C11H21NO4. The summed E-state index contributed by atoms with van der Waals surface area (Å²) >= 11 is 0. The number of unbranched alkanes of at least 4 members (excludes halogenated alkanes) is 3. The highest BCUT2D eigenvalue weighted by molar-refractivity contribution is 5.83. The van der Waals surface area contributed by atoms with Crippen molar-refractivity contribution < 1.29 is 19.4 Å². The van der Waals surface area contributed by atoms with E-state index in [0.29, 0.717) is 6.42 Å². The van der Waals surface area contributed by atoms with Gasteiger partial charge in [0.1, 0.15) is 0 Å². The largest absolute Gasteiger partial charge is 0.480 e. The molecule has 0 heterocycles. The van der Waals surface area contributed by atoms with Gasteiger partial charge in [0.05, 0.1) is 6.61 Å². The minimum absolute atomic E-state index is 0.00394. The van der Waals surface area contributed by atoms with E-state index in [1.165, 1.54) is 7.11 Å². The van der Waals surface area contributed by atoms with Gasteiger partial charge in [0.2, 0.25) is 5.91 Å². The molecule has 1 amide bonds. The third kappa shape index (κ3) is 7.23. The number of aliphatic carboxylic acids is 1. The molecule has 0 rings (SSSR count). The van der Waals surface area contributed by atoms with E-state index in [1.807, 2.05) is 0 Å². The van der Waals surface area contributed by atoms with Crippen LogP contribution in [0.2, 0.25) is 0 Å². The minimum atomic E-state index is -1.07. The van der Waals surface area contributed by atoms with Crippen LogP contribution < -0.4 is 5.32 Å². The molecule has 0 aromatic rings. The second-order valence-corrected chi connectivity index (χ2v) is 3.72. The molecule has 0 saturated carbocycles. The molecule has 0 radical (unpaired) electrons. The van der Waals surface area contributed by atoms with Crippen LogP contribution in [0.5, 0.6) is 0 Å². The molecular weight excluding hydrogens is 210 g/mol. The summed E-state index contributed by atoms with van der Waals surface area (Å²) in [7, 11) is 1.41. The molecule has 0 aliphatic rings. The second kappa shape index (κ2) is 9.15. The van der Waals surface area contributed by atoms with Crippen LogP contribution in [0.25, 0.3) is 0 Å².